The van der Waals surface area contributed by atoms with Crippen LogP contribution in [0, 0.1) is 0 Å². The van der Waals surface area contributed by atoms with Crippen molar-refractivity contribution in [3.63, 3.8) is 0 Å². The molecule has 0 aromatic carbocycles. The molecule has 0 aliphatic carbocycles. The Morgan fingerprint density at radius 2 is 1.94 bits per heavy atom. The smallest absolute Gasteiger partial charge is 0.542 e. The Kier molecular flexibility index (Phi) is 3.93. The summed E-state index contributed by atoms with van der Waals surface area (Å²) in [6.45, 7) is -1.87. The molecule has 0 unspecified atom stereocenters. The van der Waals surface area contributed by atoms with Gasteiger partial charge in [-0.2, -0.15) is 4.31 Å². The Labute approximate surface area is 113 Å². The van der Waals surface area contributed by atoms with E-state index in [9.17, 15) is 27.1 Å². The number of carbonyl (C=O) groups excluding carboxylic acids is 1. The minimum Gasteiger partial charge on any atom is -0.542 e. The van der Waals surface area contributed by atoms with Crippen molar-refractivity contribution in [2.24, 2.45) is 0 Å². The minimum absolute atomic E-state index is 0. The van der Waals surface area contributed by atoms with E-state index in [4.69, 9.17) is 0 Å². The Balaban J connectivity index is 0.00000162. The first-order chi connectivity index (χ1) is 7.72. The molecule has 0 radical (unpaired) electrons. The van der Waals surface area contributed by atoms with Crippen molar-refractivity contribution >= 4 is 16.0 Å². The summed E-state index contributed by atoms with van der Waals surface area (Å²) in [5, 5.41) is 9.68. The van der Waals surface area contributed by atoms with Gasteiger partial charge in [0, 0.05) is 0 Å². The number of carboxylic acids is 1. The van der Waals surface area contributed by atoms with Gasteiger partial charge in [-0.3, -0.25) is 0 Å². The third-order valence-electron chi connectivity index (χ3n) is 2.19. The fourth-order valence-corrected chi connectivity index (χ4v) is 2.74. The summed E-state index contributed by atoms with van der Waals surface area (Å²) >= 11 is 0. The van der Waals surface area contributed by atoms with Crippen LogP contribution in [-0.4, -0.2) is 37.7 Å². The second kappa shape index (κ2) is 4.66. The molecule has 94 valence electrons. The Bertz CT molecular complexity index is 562. The fourth-order valence-electron chi connectivity index (χ4n) is 1.34. The van der Waals surface area contributed by atoms with Crippen LogP contribution in [0.15, 0.2) is 21.6 Å². The van der Waals surface area contributed by atoms with Crippen molar-refractivity contribution < 1.29 is 50.4 Å². The van der Waals surface area contributed by atoms with Crippen LogP contribution in [0.2, 0.25) is 0 Å². The SMILES string of the molecule is O=C([O-])c1ccc(S(=O)(=O)N2CC(F)(F)C2)o1.[Li+]. The molecule has 1 aliphatic rings. The molecular formula is C8H6F2LiNO5S. The number of rotatable bonds is 3. The van der Waals surface area contributed by atoms with Crippen LogP contribution in [0.25, 0.3) is 0 Å². The van der Waals surface area contributed by atoms with Crippen LogP contribution >= 0.6 is 0 Å². The number of hydrogen-bond acceptors (Lipinski definition) is 5. The molecular weight excluding hydrogens is 267 g/mol. The Morgan fingerprint density at radius 1 is 1.39 bits per heavy atom. The Morgan fingerprint density at radius 3 is 2.33 bits per heavy atom. The van der Waals surface area contributed by atoms with Crippen molar-refractivity contribution in [1.82, 2.24) is 4.31 Å². The summed E-state index contributed by atoms with van der Waals surface area (Å²) in [6.07, 6.45) is 0. The van der Waals surface area contributed by atoms with E-state index >= 15 is 0 Å². The van der Waals surface area contributed by atoms with Crippen molar-refractivity contribution in [2.75, 3.05) is 13.1 Å². The topological polar surface area (TPSA) is 90.6 Å². The number of furan rings is 1. The molecule has 0 N–H and O–H groups in total. The van der Waals surface area contributed by atoms with Gasteiger partial charge in [0.15, 0.2) is 5.76 Å². The Hall–Kier alpha value is -0.883. The maximum atomic E-state index is 12.5. The predicted molar refractivity (Wildman–Crippen MR) is 46.7 cm³/mol. The number of aromatic carboxylic acids is 1. The molecule has 1 aromatic rings. The number of sulfonamides is 1. The summed E-state index contributed by atoms with van der Waals surface area (Å²) < 4.78 is 53.3. The van der Waals surface area contributed by atoms with Crippen LogP contribution in [0.1, 0.15) is 10.6 Å². The van der Waals surface area contributed by atoms with Crippen molar-refractivity contribution in [2.45, 2.75) is 11.0 Å². The van der Waals surface area contributed by atoms with Crippen LogP contribution in [0.4, 0.5) is 8.78 Å². The van der Waals surface area contributed by atoms with Gasteiger partial charge in [0.05, 0.1) is 13.1 Å². The van der Waals surface area contributed by atoms with Crippen molar-refractivity contribution in [3.05, 3.63) is 17.9 Å². The van der Waals surface area contributed by atoms with Crippen molar-refractivity contribution in [1.29, 1.82) is 0 Å². The van der Waals surface area contributed by atoms with Gasteiger partial charge in [-0.15, -0.1) is 0 Å². The van der Waals surface area contributed by atoms with E-state index in [2.05, 4.69) is 4.42 Å². The van der Waals surface area contributed by atoms with Crippen molar-refractivity contribution in [3.8, 4) is 0 Å². The van der Waals surface area contributed by atoms with E-state index in [-0.39, 0.29) is 18.9 Å². The van der Waals surface area contributed by atoms with E-state index in [1.165, 1.54) is 0 Å². The first kappa shape index (κ1) is 15.2. The first-order valence-corrected chi connectivity index (χ1v) is 5.85. The number of hydrogen-bond donors (Lipinski definition) is 0. The molecule has 6 nitrogen and oxygen atoms in total. The van der Waals surface area contributed by atoms with Crippen LogP contribution < -0.4 is 24.0 Å². The zero-order valence-corrected chi connectivity index (χ0v) is 10.0. The van der Waals surface area contributed by atoms with Crippen LogP contribution in [0.3, 0.4) is 0 Å². The van der Waals surface area contributed by atoms with E-state index < -0.39 is 45.9 Å². The van der Waals surface area contributed by atoms with Gasteiger partial charge in [0.1, 0.15) is 5.97 Å². The van der Waals surface area contributed by atoms with E-state index in [1.54, 1.807) is 0 Å². The first-order valence-electron chi connectivity index (χ1n) is 4.41. The largest absolute Gasteiger partial charge is 1.00 e. The molecule has 1 aromatic heterocycles. The summed E-state index contributed by atoms with van der Waals surface area (Å²) in [5.74, 6) is -5.40. The molecule has 0 amide bonds. The van der Waals surface area contributed by atoms with Gasteiger partial charge in [-0.25, -0.2) is 17.2 Å². The van der Waals surface area contributed by atoms with Gasteiger partial charge in [-0.05, 0) is 12.1 Å². The molecule has 1 saturated heterocycles. The summed E-state index contributed by atoms with van der Waals surface area (Å²) in [7, 11) is -4.19. The maximum Gasteiger partial charge on any atom is 1.00 e. The minimum atomic E-state index is -4.19. The monoisotopic (exact) mass is 273 g/mol. The van der Waals surface area contributed by atoms with Gasteiger partial charge in [0.2, 0.25) is 5.09 Å². The number of halogens is 2. The van der Waals surface area contributed by atoms with Gasteiger partial charge in [0.25, 0.3) is 15.9 Å². The second-order valence-electron chi connectivity index (χ2n) is 3.54. The molecule has 2 heterocycles. The van der Waals surface area contributed by atoms with Gasteiger partial charge in [-0.1, -0.05) is 0 Å². The number of nitrogens with zero attached hydrogens (tertiary/aromatic N) is 1. The molecule has 0 bridgehead atoms. The normalized spacial score (nSPS) is 18.8. The van der Waals surface area contributed by atoms with Gasteiger partial charge < -0.3 is 14.3 Å². The molecule has 0 atom stereocenters. The van der Waals surface area contributed by atoms with Crippen LogP contribution in [-0.2, 0) is 10.0 Å². The molecule has 1 fully saturated rings. The molecule has 10 heteroatoms. The van der Waals surface area contributed by atoms with Gasteiger partial charge >= 0.3 is 18.9 Å². The molecule has 0 spiro atoms. The maximum absolute atomic E-state index is 12.5. The summed E-state index contributed by atoms with van der Waals surface area (Å²) in [4.78, 5) is 10.4. The summed E-state index contributed by atoms with van der Waals surface area (Å²) in [5.41, 5.74) is 0. The quantitative estimate of drug-likeness (QED) is 0.528. The zero-order chi connectivity index (χ0) is 12.8. The average molecular weight is 273 g/mol. The number of carboxylic acid groups (broad SMARTS) is 1. The third kappa shape index (κ3) is 2.59. The summed E-state index contributed by atoms with van der Waals surface area (Å²) in [6, 6.07) is 1.77. The van der Waals surface area contributed by atoms with E-state index in [1.807, 2.05) is 0 Å². The molecule has 1 aliphatic heterocycles. The average Bonchev–Trinajstić information content (AvgIpc) is 2.62. The third-order valence-corrected chi connectivity index (χ3v) is 3.86. The van der Waals surface area contributed by atoms with E-state index in [0.29, 0.717) is 4.31 Å². The number of carbonyl (C=O) groups is 1. The van der Waals surface area contributed by atoms with E-state index in [0.717, 1.165) is 12.1 Å². The zero-order valence-electron chi connectivity index (χ0n) is 9.22. The molecule has 2 rings (SSSR count). The second-order valence-corrected chi connectivity index (χ2v) is 5.40. The standard InChI is InChI=1S/C8H7F2NO5S.Li/c9-8(10)3-11(4-8)17(14,15)6-2-1-5(16-6)7(12)13;/h1-2H,3-4H2,(H,12,13);/q;+1/p-1. The van der Waals surface area contributed by atoms with Crippen LogP contribution in [0.5, 0.6) is 0 Å². The molecule has 18 heavy (non-hydrogen) atoms. The fraction of sp³-hybridized carbons (Fsp3) is 0.375. The molecule has 0 saturated carbocycles. The predicted octanol–water partition coefficient (Wildman–Crippen LogP) is -3.71. The number of alkyl halides is 2.